The van der Waals surface area contributed by atoms with E-state index in [0.29, 0.717) is 0 Å². The lowest BCUT2D eigenvalue weighted by molar-refractivity contribution is 0.471. The zero-order valence-corrected chi connectivity index (χ0v) is 16.0. The first kappa shape index (κ1) is 17.4. The van der Waals surface area contributed by atoms with Crippen molar-refractivity contribution in [2.45, 2.75) is 26.8 Å². The average molecular weight is 356 g/mol. The van der Waals surface area contributed by atoms with Crippen LogP contribution < -0.4 is 5.32 Å². The van der Waals surface area contributed by atoms with Crippen LogP contribution in [0.25, 0.3) is 5.65 Å². The molecule has 7 heteroatoms. The van der Waals surface area contributed by atoms with Crippen LogP contribution in [0.1, 0.15) is 22.0 Å². The molecule has 0 bridgehead atoms. The first-order valence-electron chi connectivity index (χ1n) is 8.33. The number of thiazole rings is 1. The van der Waals surface area contributed by atoms with Gasteiger partial charge in [-0.25, -0.2) is 9.97 Å². The van der Waals surface area contributed by atoms with E-state index in [-0.39, 0.29) is 0 Å². The molecule has 3 aromatic heterocycles. The third kappa shape index (κ3) is 4.17. The van der Waals surface area contributed by atoms with E-state index in [9.17, 15) is 0 Å². The maximum Gasteiger partial charge on any atom is 0.193 e. The Labute approximate surface area is 152 Å². The molecule has 3 rings (SSSR count). The van der Waals surface area contributed by atoms with Gasteiger partial charge >= 0.3 is 0 Å². The van der Waals surface area contributed by atoms with Crippen LogP contribution >= 0.6 is 11.3 Å². The number of fused-ring (bicyclic) bond motifs is 1. The molecule has 3 aromatic rings. The summed E-state index contributed by atoms with van der Waals surface area (Å²) >= 11 is 1.68. The maximum atomic E-state index is 4.71. The standard InChI is InChI=1S/C18H24N6S/c1-13-6-5-9-24-11-15(22-17(13)24)7-8-20-18(19-3)23(4)10-16-12-25-14(2)21-16/h5-6,9,11-12H,7-8,10H2,1-4H3,(H,19,20). The largest absolute Gasteiger partial charge is 0.356 e. The lowest BCUT2D eigenvalue weighted by Gasteiger charge is -2.21. The predicted molar refractivity (Wildman–Crippen MR) is 103 cm³/mol. The van der Waals surface area contributed by atoms with Crippen molar-refractivity contribution in [3.05, 3.63) is 51.9 Å². The molecule has 6 nitrogen and oxygen atoms in total. The second-order valence-corrected chi connectivity index (χ2v) is 7.15. The molecule has 0 saturated carbocycles. The molecule has 0 saturated heterocycles. The van der Waals surface area contributed by atoms with Crippen molar-refractivity contribution in [2.75, 3.05) is 20.6 Å². The highest BCUT2D eigenvalue weighted by Gasteiger charge is 2.09. The van der Waals surface area contributed by atoms with Gasteiger partial charge in [0.05, 0.1) is 22.9 Å². The van der Waals surface area contributed by atoms with Crippen molar-refractivity contribution in [3.8, 4) is 0 Å². The molecule has 0 unspecified atom stereocenters. The van der Waals surface area contributed by atoms with Crippen LogP contribution in [0, 0.1) is 13.8 Å². The maximum absolute atomic E-state index is 4.71. The van der Waals surface area contributed by atoms with Gasteiger partial charge in [0.1, 0.15) is 5.65 Å². The summed E-state index contributed by atoms with van der Waals surface area (Å²) < 4.78 is 2.08. The molecule has 132 valence electrons. The smallest absolute Gasteiger partial charge is 0.193 e. The van der Waals surface area contributed by atoms with E-state index in [1.165, 1.54) is 5.56 Å². The SMILES string of the molecule is CN=C(NCCc1cn2cccc(C)c2n1)N(C)Cc1csc(C)n1. The molecule has 0 aliphatic heterocycles. The minimum absolute atomic E-state index is 0.748. The van der Waals surface area contributed by atoms with E-state index in [1.54, 1.807) is 18.4 Å². The summed E-state index contributed by atoms with van der Waals surface area (Å²) in [5.74, 6) is 0.866. The van der Waals surface area contributed by atoms with Gasteiger partial charge < -0.3 is 14.6 Å². The molecule has 0 fully saturated rings. The van der Waals surface area contributed by atoms with Crippen LogP contribution in [0.15, 0.2) is 34.9 Å². The second-order valence-electron chi connectivity index (χ2n) is 6.09. The molecule has 0 aromatic carbocycles. The summed E-state index contributed by atoms with van der Waals surface area (Å²) in [7, 11) is 3.83. The number of rotatable bonds is 5. The van der Waals surface area contributed by atoms with Crippen LogP contribution in [-0.4, -0.2) is 45.9 Å². The normalized spacial score (nSPS) is 11.9. The van der Waals surface area contributed by atoms with Crippen molar-refractivity contribution in [2.24, 2.45) is 4.99 Å². The van der Waals surface area contributed by atoms with Crippen molar-refractivity contribution >= 4 is 22.9 Å². The van der Waals surface area contributed by atoms with Gasteiger partial charge in [-0.05, 0) is 25.5 Å². The quantitative estimate of drug-likeness (QED) is 0.564. The Morgan fingerprint density at radius 3 is 2.84 bits per heavy atom. The van der Waals surface area contributed by atoms with Gasteiger partial charge in [0.25, 0.3) is 0 Å². The van der Waals surface area contributed by atoms with Gasteiger partial charge in [-0.2, -0.15) is 0 Å². The highest BCUT2D eigenvalue weighted by Crippen LogP contribution is 2.11. The fraction of sp³-hybridized carbons (Fsp3) is 0.389. The number of hydrogen-bond acceptors (Lipinski definition) is 4. The van der Waals surface area contributed by atoms with Crippen molar-refractivity contribution in [1.29, 1.82) is 0 Å². The Kier molecular flexibility index (Phi) is 5.33. The van der Waals surface area contributed by atoms with Crippen molar-refractivity contribution in [3.63, 3.8) is 0 Å². The van der Waals surface area contributed by atoms with Crippen LogP contribution in [-0.2, 0) is 13.0 Å². The van der Waals surface area contributed by atoms with E-state index >= 15 is 0 Å². The third-order valence-corrected chi connectivity index (χ3v) is 4.85. The van der Waals surface area contributed by atoms with Crippen LogP contribution in [0.4, 0.5) is 0 Å². The van der Waals surface area contributed by atoms with E-state index in [4.69, 9.17) is 4.98 Å². The van der Waals surface area contributed by atoms with Gasteiger partial charge in [0.2, 0.25) is 0 Å². The third-order valence-electron chi connectivity index (χ3n) is 4.03. The Morgan fingerprint density at radius 1 is 1.32 bits per heavy atom. The molecule has 0 aliphatic carbocycles. The van der Waals surface area contributed by atoms with Crippen LogP contribution in [0.2, 0.25) is 0 Å². The molecule has 0 aliphatic rings. The summed E-state index contributed by atoms with van der Waals surface area (Å²) in [5, 5.41) is 6.59. The minimum Gasteiger partial charge on any atom is -0.356 e. The summed E-state index contributed by atoms with van der Waals surface area (Å²) in [5.41, 5.74) is 4.37. The number of nitrogens with zero attached hydrogens (tertiary/aromatic N) is 5. The van der Waals surface area contributed by atoms with E-state index < -0.39 is 0 Å². The highest BCUT2D eigenvalue weighted by atomic mass is 32.1. The Morgan fingerprint density at radius 2 is 2.16 bits per heavy atom. The molecule has 0 atom stereocenters. The van der Waals surface area contributed by atoms with E-state index in [2.05, 4.69) is 49.2 Å². The molecule has 1 N–H and O–H groups in total. The highest BCUT2D eigenvalue weighted by molar-refractivity contribution is 7.09. The van der Waals surface area contributed by atoms with Crippen LogP contribution in [0.5, 0.6) is 0 Å². The predicted octanol–water partition coefficient (Wildman–Crippen LogP) is 2.66. The number of aromatic nitrogens is 3. The molecular formula is C18H24N6S. The van der Waals surface area contributed by atoms with Gasteiger partial charge in [-0.3, -0.25) is 4.99 Å². The summed E-state index contributed by atoms with van der Waals surface area (Å²) in [6.45, 7) is 5.65. The van der Waals surface area contributed by atoms with Crippen molar-refractivity contribution < 1.29 is 0 Å². The molecule has 0 spiro atoms. The van der Waals surface area contributed by atoms with Gasteiger partial charge in [-0.1, -0.05) is 6.07 Å². The Bertz CT molecular complexity index is 879. The fourth-order valence-electron chi connectivity index (χ4n) is 2.81. The number of nitrogens with one attached hydrogen (secondary N) is 1. The fourth-order valence-corrected chi connectivity index (χ4v) is 3.41. The summed E-state index contributed by atoms with van der Waals surface area (Å²) in [4.78, 5) is 15.7. The van der Waals surface area contributed by atoms with E-state index in [0.717, 1.165) is 47.5 Å². The van der Waals surface area contributed by atoms with Gasteiger partial charge in [0, 0.05) is 44.8 Å². The topological polar surface area (TPSA) is 57.8 Å². The Hall–Kier alpha value is -2.41. The van der Waals surface area contributed by atoms with Crippen LogP contribution in [0.3, 0.4) is 0 Å². The number of aryl methyl sites for hydroxylation is 2. The Balaban J connectivity index is 1.56. The molecule has 3 heterocycles. The van der Waals surface area contributed by atoms with Crippen molar-refractivity contribution in [1.82, 2.24) is 24.6 Å². The second kappa shape index (κ2) is 7.65. The molecule has 0 radical (unpaired) electrons. The summed E-state index contributed by atoms with van der Waals surface area (Å²) in [6.07, 6.45) is 4.98. The zero-order valence-electron chi connectivity index (χ0n) is 15.2. The van der Waals surface area contributed by atoms with Gasteiger partial charge in [0.15, 0.2) is 5.96 Å². The molecule has 0 amide bonds. The number of imidazole rings is 1. The summed E-state index contributed by atoms with van der Waals surface area (Å²) in [6, 6.07) is 4.13. The molecular weight excluding hydrogens is 332 g/mol. The zero-order chi connectivity index (χ0) is 17.8. The average Bonchev–Trinajstić information content (AvgIpc) is 3.18. The monoisotopic (exact) mass is 356 g/mol. The van der Waals surface area contributed by atoms with Gasteiger partial charge in [-0.15, -0.1) is 11.3 Å². The van der Waals surface area contributed by atoms with E-state index in [1.807, 2.05) is 26.2 Å². The first-order chi connectivity index (χ1) is 12.1. The number of guanidine groups is 1. The lowest BCUT2D eigenvalue weighted by Crippen LogP contribution is -2.39. The number of pyridine rings is 1. The number of aliphatic imine (C=N–C) groups is 1. The molecule has 25 heavy (non-hydrogen) atoms. The lowest BCUT2D eigenvalue weighted by atomic mass is 10.3. The minimum atomic E-state index is 0.748. The first-order valence-corrected chi connectivity index (χ1v) is 9.21. The number of hydrogen-bond donors (Lipinski definition) is 1.